The lowest BCUT2D eigenvalue weighted by atomic mass is 9.93. The van der Waals surface area contributed by atoms with Gasteiger partial charge in [0.05, 0.1) is 12.1 Å². The first kappa shape index (κ1) is 22.5. The van der Waals surface area contributed by atoms with Gasteiger partial charge in [0, 0.05) is 25.1 Å². The quantitative estimate of drug-likeness (QED) is 0.374. The summed E-state index contributed by atoms with van der Waals surface area (Å²) in [7, 11) is 0. The van der Waals surface area contributed by atoms with E-state index in [9.17, 15) is 4.79 Å². The van der Waals surface area contributed by atoms with Crippen LogP contribution in [0.3, 0.4) is 0 Å². The predicted octanol–water partition coefficient (Wildman–Crippen LogP) is 3.32. The van der Waals surface area contributed by atoms with Gasteiger partial charge in [0.2, 0.25) is 0 Å². The maximum Gasteiger partial charge on any atom is 0.303 e. The van der Waals surface area contributed by atoms with Gasteiger partial charge < -0.3 is 15.3 Å². The summed E-state index contributed by atoms with van der Waals surface area (Å²) in [6.45, 7) is 3.38. The highest BCUT2D eigenvalue weighted by atomic mass is 16.7. The van der Waals surface area contributed by atoms with Crippen LogP contribution in [0.2, 0.25) is 0 Å². The van der Waals surface area contributed by atoms with Crippen LogP contribution >= 0.6 is 0 Å². The average molecular weight is 437 g/mol. The Labute approximate surface area is 189 Å². The smallest absolute Gasteiger partial charge is 0.303 e. The fourth-order valence-electron chi connectivity index (χ4n) is 4.53. The van der Waals surface area contributed by atoms with Gasteiger partial charge in [0.15, 0.2) is 0 Å². The molecule has 2 aromatic rings. The minimum Gasteiger partial charge on any atom is -0.481 e. The highest BCUT2D eigenvalue weighted by Crippen LogP contribution is 2.27. The Morgan fingerprint density at radius 1 is 1.12 bits per heavy atom. The Balaban J connectivity index is 1.22. The van der Waals surface area contributed by atoms with Crippen LogP contribution in [0, 0.1) is 11.3 Å². The van der Waals surface area contributed by atoms with Crippen molar-refractivity contribution in [2.45, 2.75) is 44.4 Å². The number of aliphatic carboxylic acids is 1. The first-order valence-electron chi connectivity index (χ1n) is 11.4. The van der Waals surface area contributed by atoms with Gasteiger partial charge in [0.25, 0.3) is 0 Å². The normalized spacial score (nSPS) is 22.0. The summed E-state index contributed by atoms with van der Waals surface area (Å²) >= 11 is 0. The number of nitrogens with zero attached hydrogens (tertiary/aromatic N) is 1. The van der Waals surface area contributed by atoms with Gasteiger partial charge in [0.1, 0.15) is 5.84 Å². The van der Waals surface area contributed by atoms with E-state index in [1.54, 1.807) is 0 Å². The standard InChI is InChI=1S/C25H32N4O3/c26-25(27-16-19-4-2-1-3-5-19)21-8-6-20(7-9-21)23-15-22(32-28-23)17-29-12-10-18(11-13-29)14-24(30)31/h1-9,18,22-23,28H,10-17H2,(H2,26,27)(H,30,31). The second-order valence-electron chi connectivity index (χ2n) is 8.82. The molecule has 2 saturated heterocycles. The van der Waals surface area contributed by atoms with E-state index >= 15 is 0 Å². The molecule has 32 heavy (non-hydrogen) atoms. The van der Waals surface area contributed by atoms with E-state index in [-0.39, 0.29) is 18.6 Å². The van der Waals surface area contributed by atoms with Gasteiger partial charge in [-0.2, -0.15) is 5.48 Å². The zero-order chi connectivity index (χ0) is 22.3. The van der Waals surface area contributed by atoms with Crippen molar-refractivity contribution in [3.63, 3.8) is 0 Å². The van der Waals surface area contributed by atoms with Crippen molar-refractivity contribution in [3.8, 4) is 0 Å². The fraction of sp³-hybridized carbons (Fsp3) is 0.440. The summed E-state index contributed by atoms with van der Waals surface area (Å²) in [5, 5.41) is 20.4. The van der Waals surface area contributed by atoms with Gasteiger partial charge in [-0.15, -0.1) is 0 Å². The van der Waals surface area contributed by atoms with Crippen LogP contribution in [0.1, 0.15) is 48.4 Å². The third-order valence-corrected chi connectivity index (χ3v) is 6.42. The van der Waals surface area contributed by atoms with E-state index in [1.807, 2.05) is 42.5 Å². The van der Waals surface area contributed by atoms with Gasteiger partial charge in [-0.1, -0.05) is 54.6 Å². The molecule has 0 bridgehead atoms. The summed E-state index contributed by atoms with van der Waals surface area (Å²) < 4.78 is 0. The third-order valence-electron chi connectivity index (χ3n) is 6.42. The zero-order valence-corrected chi connectivity index (χ0v) is 18.3. The molecule has 4 N–H and O–H groups in total. The van der Waals surface area contributed by atoms with Crippen LogP contribution < -0.4 is 10.8 Å². The molecule has 0 aliphatic carbocycles. The van der Waals surface area contributed by atoms with Gasteiger partial charge in [-0.3, -0.25) is 15.0 Å². The maximum absolute atomic E-state index is 10.9. The molecule has 0 saturated carbocycles. The maximum atomic E-state index is 10.9. The zero-order valence-electron chi connectivity index (χ0n) is 18.3. The molecule has 2 aliphatic rings. The van der Waals surface area contributed by atoms with Crippen molar-refractivity contribution in [2.24, 2.45) is 5.92 Å². The number of hydrogen-bond acceptors (Lipinski definition) is 5. The Morgan fingerprint density at radius 3 is 2.53 bits per heavy atom. The van der Waals surface area contributed by atoms with Crippen LogP contribution in [-0.2, 0) is 16.2 Å². The Kier molecular flexibility index (Phi) is 7.52. The number of nitrogens with one attached hydrogen (secondary N) is 3. The largest absolute Gasteiger partial charge is 0.481 e. The number of hydrogen-bond donors (Lipinski definition) is 4. The summed E-state index contributed by atoms with van der Waals surface area (Å²) in [6, 6.07) is 18.3. The van der Waals surface area contributed by atoms with E-state index in [0.29, 0.717) is 18.3 Å². The Bertz CT molecular complexity index is 895. The second-order valence-corrected chi connectivity index (χ2v) is 8.82. The lowest BCUT2D eigenvalue weighted by molar-refractivity contribution is -0.138. The summed E-state index contributed by atoms with van der Waals surface area (Å²) in [4.78, 5) is 19.1. The summed E-state index contributed by atoms with van der Waals surface area (Å²) in [5.41, 5.74) is 6.35. The molecule has 7 heteroatoms. The van der Waals surface area contributed by atoms with Crippen molar-refractivity contribution in [1.82, 2.24) is 15.7 Å². The first-order chi connectivity index (χ1) is 15.6. The molecular weight excluding hydrogens is 404 g/mol. The number of hydroxylamine groups is 1. The first-order valence-corrected chi connectivity index (χ1v) is 11.4. The summed E-state index contributed by atoms with van der Waals surface area (Å²) in [6.07, 6.45) is 3.20. The highest BCUT2D eigenvalue weighted by Gasteiger charge is 2.30. The minimum atomic E-state index is -0.692. The predicted molar refractivity (Wildman–Crippen MR) is 123 cm³/mol. The van der Waals surface area contributed by atoms with E-state index in [1.165, 1.54) is 0 Å². The number of piperidine rings is 1. The fourth-order valence-corrected chi connectivity index (χ4v) is 4.53. The lowest BCUT2D eigenvalue weighted by Gasteiger charge is -2.32. The SMILES string of the molecule is N=C(NCc1ccccc1)c1ccc(C2CC(CN3CCC(CC(=O)O)CC3)ON2)cc1. The number of benzene rings is 2. The van der Waals surface area contributed by atoms with E-state index < -0.39 is 5.97 Å². The number of rotatable bonds is 8. The van der Waals surface area contributed by atoms with Crippen LogP contribution in [0.15, 0.2) is 54.6 Å². The number of carboxylic acids is 1. The number of likely N-dealkylation sites (tertiary alicyclic amines) is 1. The number of amidine groups is 1. The lowest BCUT2D eigenvalue weighted by Crippen LogP contribution is -2.39. The average Bonchev–Trinajstić information content (AvgIpc) is 3.28. The van der Waals surface area contributed by atoms with Gasteiger partial charge in [-0.25, -0.2) is 0 Å². The Hall–Kier alpha value is -2.74. The molecule has 170 valence electrons. The van der Waals surface area contributed by atoms with E-state index in [4.69, 9.17) is 15.4 Å². The molecule has 2 aliphatic heterocycles. The molecule has 4 rings (SSSR count). The molecule has 7 nitrogen and oxygen atoms in total. The van der Waals surface area contributed by atoms with Crippen LogP contribution in [0.25, 0.3) is 0 Å². The second kappa shape index (κ2) is 10.7. The molecule has 0 radical (unpaired) electrons. The van der Waals surface area contributed by atoms with Crippen molar-refractivity contribution < 1.29 is 14.7 Å². The molecule has 0 aromatic heterocycles. The van der Waals surface area contributed by atoms with Crippen molar-refractivity contribution in [2.75, 3.05) is 19.6 Å². The summed E-state index contributed by atoms with van der Waals surface area (Å²) in [5.74, 6) is 0.0292. The van der Waals surface area contributed by atoms with Crippen molar-refractivity contribution in [1.29, 1.82) is 5.41 Å². The molecule has 2 unspecified atom stereocenters. The van der Waals surface area contributed by atoms with Crippen molar-refractivity contribution in [3.05, 3.63) is 71.3 Å². The van der Waals surface area contributed by atoms with Crippen molar-refractivity contribution >= 4 is 11.8 Å². The molecule has 2 aromatic carbocycles. The Morgan fingerprint density at radius 2 is 1.84 bits per heavy atom. The molecule has 2 fully saturated rings. The van der Waals surface area contributed by atoms with E-state index in [0.717, 1.165) is 55.6 Å². The molecule has 2 heterocycles. The third kappa shape index (κ3) is 6.16. The van der Waals surface area contributed by atoms with Crippen LogP contribution in [0.5, 0.6) is 0 Å². The molecule has 0 amide bonds. The van der Waals surface area contributed by atoms with Gasteiger partial charge >= 0.3 is 5.97 Å². The number of carbonyl (C=O) groups is 1. The number of carboxylic acid groups (broad SMARTS) is 1. The monoisotopic (exact) mass is 436 g/mol. The van der Waals surface area contributed by atoms with Crippen LogP contribution in [0.4, 0.5) is 0 Å². The van der Waals surface area contributed by atoms with Crippen LogP contribution in [-0.4, -0.2) is 47.5 Å². The highest BCUT2D eigenvalue weighted by molar-refractivity contribution is 5.96. The minimum absolute atomic E-state index is 0.126. The molecule has 0 spiro atoms. The molecule has 2 atom stereocenters. The molecular formula is C25H32N4O3. The van der Waals surface area contributed by atoms with Gasteiger partial charge in [-0.05, 0) is 49.4 Å². The van der Waals surface area contributed by atoms with E-state index in [2.05, 4.69) is 27.8 Å². The topological polar surface area (TPSA) is 97.7 Å².